The van der Waals surface area contributed by atoms with Crippen LogP contribution in [0, 0.1) is 5.92 Å². The molecule has 1 aliphatic carbocycles. The molecule has 2 unspecified atom stereocenters. The molecule has 3 heteroatoms. The molecule has 2 nitrogen and oxygen atoms in total. The lowest BCUT2D eigenvalue weighted by Gasteiger charge is -2.18. The van der Waals surface area contributed by atoms with Gasteiger partial charge in [-0.3, -0.25) is 0 Å². The molecule has 1 heterocycles. The maximum Gasteiger partial charge on any atom is 0.134 e. The summed E-state index contributed by atoms with van der Waals surface area (Å²) in [5.74, 6) is 1.90. The Labute approximate surface area is 129 Å². The van der Waals surface area contributed by atoms with E-state index in [0.29, 0.717) is 6.04 Å². The molecule has 0 spiro atoms. The van der Waals surface area contributed by atoms with Crippen LogP contribution in [-0.4, -0.2) is 11.0 Å². The molecular formula is C17H21BrN2. The van der Waals surface area contributed by atoms with Gasteiger partial charge in [0.1, 0.15) is 5.82 Å². The first-order valence-electron chi connectivity index (χ1n) is 7.54. The van der Waals surface area contributed by atoms with Crippen molar-refractivity contribution >= 4 is 32.5 Å². The average Bonchev–Trinajstić information content (AvgIpc) is 2.65. The number of halogens is 1. The number of pyridine rings is 1. The van der Waals surface area contributed by atoms with Crippen molar-refractivity contribution in [3.63, 3.8) is 0 Å². The van der Waals surface area contributed by atoms with E-state index in [0.717, 1.165) is 16.2 Å². The SMILES string of the molecule is CC1CCCC(Nc2nccc3c(Br)cccc23)CC1. The Morgan fingerprint density at radius 3 is 2.90 bits per heavy atom. The monoisotopic (exact) mass is 332 g/mol. The van der Waals surface area contributed by atoms with E-state index in [1.54, 1.807) is 0 Å². The van der Waals surface area contributed by atoms with Gasteiger partial charge in [-0.25, -0.2) is 4.98 Å². The summed E-state index contributed by atoms with van der Waals surface area (Å²) < 4.78 is 1.13. The number of anilines is 1. The van der Waals surface area contributed by atoms with Gasteiger partial charge in [0.15, 0.2) is 0 Å². The highest BCUT2D eigenvalue weighted by atomic mass is 79.9. The van der Waals surface area contributed by atoms with E-state index in [1.807, 2.05) is 6.20 Å². The van der Waals surface area contributed by atoms with Crippen LogP contribution in [0.25, 0.3) is 10.8 Å². The molecule has 2 atom stereocenters. The van der Waals surface area contributed by atoms with Crippen LogP contribution < -0.4 is 5.32 Å². The highest BCUT2D eigenvalue weighted by Crippen LogP contribution is 2.30. The van der Waals surface area contributed by atoms with Crippen LogP contribution in [0.15, 0.2) is 34.9 Å². The van der Waals surface area contributed by atoms with Gasteiger partial charge in [-0.1, -0.05) is 47.8 Å². The number of aromatic nitrogens is 1. The molecule has 106 valence electrons. The van der Waals surface area contributed by atoms with Crippen molar-refractivity contribution in [1.82, 2.24) is 4.98 Å². The molecule has 1 aliphatic rings. The third-order valence-corrected chi connectivity index (χ3v) is 5.04. The third-order valence-electron chi connectivity index (χ3n) is 4.35. The first kappa shape index (κ1) is 13.9. The fraction of sp³-hybridized carbons (Fsp3) is 0.471. The highest BCUT2D eigenvalue weighted by Gasteiger charge is 2.17. The van der Waals surface area contributed by atoms with Crippen LogP contribution in [0.5, 0.6) is 0 Å². The minimum Gasteiger partial charge on any atom is -0.367 e. The molecule has 0 aliphatic heterocycles. The Bertz CT molecular complexity index is 597. The topological polar surface area (TPSA) is 24.9 Å². The number of benzene rings is 1. The van der Waals surface area contributed by atoms with Gasteiger partial charge in [0.25, 0.3) is 0 Å². The summed E-state index contributed by atoms with van der Waals surface area (Å²) in [7, 11) is 0. The lowest BCUT2D eigenvalue weighted by atomic mass is 10.0. The van der Waals surface area contributed by atoms with Crippen molar-refractivity contribution < 1.29 is 0 Å². The Morgan fingerprint density at radius 1 is 1.10 bits per heavy atom. The van der Waals surface area contributed by atoms with Crippen LogP contribution in [-0.2, 0) is 0 Å². The number of hydrogen-bond donors (Lipinski definition) is 1. The summed E-state index contributed by atoms with van der Waals surface area (Å²) in [6.45, 7) is 2.37. The first-order chi connectivity index (χ1) is 9.74. The number of nitrogens with zero attached hydrogens (tertiary/aromatic N) is 1. The molecule has 1 aromatic heterocycles. The second-order valence-electron chi connectivity index (χ2n) is 5.95. The molecule has 2 aromatic rings. The molecule has 1 saturated carbocycles. The second-order valence-corrected chi connectivity index (χ2v) is 6.80. The summed E-state index contributed by atoms with van der Waals surface area (Å²) in [6, 6.07) is 8.94. The van der Waals surface area contributed by atoms with Gasteiger partial charge in [0.2, 0.25) is 0 Å². The van der Waals surface area contributed by atoms with Crippen molar-refractivity contribution in [2.24, 2.45) is 5.92 Å². The number of hydrogen-bond acceptors (Lipinski definition) is 2. The minimum atomic E-state index is 0.567. The van der Waals surface area contributed by atoms with Crippen molar-refractivity contribution in [3.8, 4) is 0 Å². The molecule has 1 N–H and O–H groups in total. The van der Waals surface area contributed by atoms with Crippen LogP contribution in [0.2, 0.25) is 0 Å². The van der Waals surface area contributed by atoms with E-state index in [4.69, 9.17) is 0 Å². The van der Waals surface area contributed by atoms with Gasteiger partial charge >= 0.3 is 0 Å². The highest BCUT2D eigenvalue weighted by molar-refractivity contribution is 9.10. The van der Waals surface area contributed by atoms with Crippen molar-refractivity contribution in [1.29, 1.82) is 0 Å². The van der Waals surface area contributed by atoms with Crippen molar-refractivity contribution in [3.05, 3.63) is 34.9 Å². The van der Waals surface area contributed by atoms with Gasteiger partial charge in [-0.05, 0) is 37.3 Å². The fourth-order valence-corrected chi connectivity index (χ4v) is 3.61. The van der Waals surface area contributed by atoms with E-state index >= 15 is 0 Å². The lowest BCUT2D eigenvalue weighted by Crippen LogP contribution is -2.19. The summed E-state index contributed by atoms with van der Waals surface area (Å²) in [6.07, 6.45) is 8.44. The van der Waals surface area contributed by atoms with Crippen LogP contribution in [0.4, 0.5) is 5.82 Å². The molecular weight excluding hydrogens is 312 g/mol. The van der Waals surface area contributed by atoms with E-state index in [2.05, 4.69) is 57.4 Å². The quantitative estimate of drug-likeness (QED) is 0.747. The van der Waals surface area contributed by atoms with E-state index in [9.17, 15) is 0 Å². The molecule has 3 rings (SSSR count). The largest absolute Gasteiger partial charge is 0.367 e. The number of nitrogens with one attached hydrogen (secondary N) is 1. The molecule has 0 radical (unpaired) electrons. The summed E-state index contributed by atoms with van der Waals surface area (Å²) in [4.78, 5) is 4.56. The third kappa shape index (κ3) is 2.98. The maximum absolute atomic E-state index is 4.56. The Hall–Kier alpha value is -1.09. The van der Waals surface area contributed by atoms with E-state index in [1.165, 1.54) is 42.9 Å². The molecule has 1 fully saturated rings. The standard InChI is InChI=1S/C17H21BrN2/c1-12-4-2-5-13(9-8-12)20-17-15-6-3-7-16(18)14(15)10-11-19-17/h3,6-7,10-13H,2,4-5,8-9H2,1H3,(H,19,20). The predicted octanol–water partition coefficient (Wildman–Crippen LogP) is 5.38. The zero-order valence-electron chi connectivity index (χ0n) is 11.9. The van der Waals surface area contributed by atoms with Gasteiger partial charge in [-0.2, -0.15) is 0 Å². The molecule has 0 bridgehead atoms. The second kappa shape index (κ2) is 6.13. The summed E-state index contributed by atoms with van der Waals surface area (Å²) >= 11 is 3.62. The van der Waals surface area contributed by atoms with E-state index < -0.39 is 0 Å². The number of rotatable bonds is 2. The van der Waals surface area contributed by atoms with Crippen molar-refractivity contribution in [2.45, 2.75) is 45.1 Å². The van der Waals surface area contributed by atoms with Gasteiger partial charge in [0, 0.05) is 27.5 Å². The lowest BCUT2D eigenvalue weighted by molar-refractivity contribution is 0.502. The van der Waals surface area contributed by atoms with Gasteiger partial charge < -0.3 is 5.32 Å². The normalized spacial score (nSPS) is 23.5. The zero-order chi connectivity index (χ0) is 13.9. The first-order valence-corrected chi connectivity index (χ1v) is 8.33. The van der Waals surface area contributed by atoms with Gasteiger partial charge in [0.05, 0.1) is 0 Å². The Kier molecular flexibility index (Phi) is 4.25. The number of fused-ring (bicyclic) bond motifs is 1. The van der Waals surface area contributed by atoms with Crippen LogP contribution in [0.3, 0.4) is 0 Å². The van der Waals surface area contributed by atoms with Crippen molar-refractivity contribution in [2.75, 3.05) is 5.32 Å². The maximum atomic E-state index is 4.56. The van der Waals surface area contributed by atoms with E-state index in [-0.39, 0.29) is 0 Å². The Morgan fingerprint density at radius 2 is 2.00 bits per heavy atom. The van der Waals surface area contributed by atoms with Gasteiger partial charge in [-0.15, -0.1) is 0 Å². The molecule has 0 amide bonds. The smallest absolute Gasteiger partial charge is 0.134 e. The summed E-state index contributed by atoms with van der Waals surface area (Å²) in [5, 5.41) is 6.12. The zero-order valence-corrected chi connectivity index (χ0v) is 13.5. The van der Waals surface area contributed by atoms with Crippen LogP contribution in [0.1, 0.15) is 39.0 Å². The predicted molar refractivity (Wildman–Crippen MR) is 89.1 cm³/mol. The average molecular weight is 333 g/mol. The Balaban J connectivity index is 1.85. The summed E-state index contributed by atoms with van der Waals surface area (Å²) in [5.41, 5.74) is 0. The molecule has 20 heavy (non-hydrogen) atoms. The fourth-order valence-electron chi connectivity index (χ4n) is 3.11. The molecule has 0 saturated heterocycles. The van der Waals surface area contributed by atoms with Crippen LogP contribution >= 0.6 is 15.9 Å². The minimum absolute atomic E-state index is 0.567. The molecule has 1 aromatic carbocycles.